The van der Waals surface area contributed by atoms with E-state index in [0.29, 0.717) is 23.8 Å². The number of carbonyl (C=O) groups excluding carboxylic acids is 1. The highest BCUT2D eigenvalue weighted by Gasteiger charge is 2.22. The highest BCUT2D eigenvalue weighted by molar-refractivity contribution is 5.90. The van der Waals surface area contributed by atoms with Crippen LogP contribution in [0.5, 0.6) is 0 Å². The maximum absolute atomic E-state index is 11.5. The van der Waals surface area contributed by atoms with Gasteiger partial charge in [0.15, 0.2) is 0 Å². The number of aliphatic hydroxyl groups is 1. The molecule has 0 spiro atoms. The zero-order valence-corrected chi connectivity index (χ0v) is 10.6. The molecule has 5 nitrogen and oxygen atoms in total. The summed E-state index contributed by atoms with van der Waals surface area (Å²) in [4.78, 5) is 13.7. The Morgan fingerprint density at radius 3 is 3.22 bits per heavy atom. The number of furan rings is 1. The summed E-state index contributed by atoms with van der Waals surface area (Å²) in [6.07, 6.45) is 3.64. The van der Waals surface area contributed by atoms with Crippen molar-refractivity contribution in [2.75, 3.05) is 26.8 Å². The Balaban J connectivity index is 2.00. The normalized spacial score (nSPS) is 20.9. The van der Waals surface area contributed by atoms with Crippen LogP contribution in [-0.2, 0) is 11.3 Å². The Morgan fingerprint density at radius 1 is 1.67 bits per heavy atom. The molecule has 5 heteroatoms. The number of nitrogens with zero attached hydrogens (tertiary/aromatic N) is 1. The summed E-state index contributed by atoms with van der Waals surface area (Å²) >= 11 is 0. The Kier molecular flexibility index (Phi) is 4.38. The summed E-state index contributed by atoms with van der Waals surface area (Å²) in [7, 11) is 1.36. The van der Waals surface area contributed by atoms with Gasteiger partial charge >= 0.3 is 5.97 Å². The van der Waals surface area contributed by atoms with E-state index < -0.39 is 0 Å². The number of ether oxygens (including phenoxy) is 1. The molecule has 0 bridgehead atoms. The van der Waals surface area contributed by atoms with Gasteiger partial charge in [0.05, 0.1) is 19.9 Å². The number of piperidine rings is 1. The Labute approximate surface area is 106 Å². The lowest BCUT2D eigenvalue weighted by molar-refractivity contribution is 0.0593. The van der Waals surface area contributed by atoms with Crippen molar-refractivity contribution in [3.8, 4) is 0 Å². The first kappa shape index (κ1) is 13.1. The smallest absolute Gasteiger partial charge is 0.341 e. The molecule has 1 aliphatic rings. The second-order valence-corrected chi connectivity index (χ2v) is 4.67. The fourth-order valence-electron chi connectivity index (χ4n) is 2.40. The topological polar surface area (TPSA) is 62.9 Å². The molecule has 2 heterocycles. The molecule has 1 fully saturated rings. The highest BCUT2D eigenvalue weighted by Crippen LogP contribution is 2.20. The number of carbonyl (C=O) groups is 1. The quantitative estimate of drug-likeness (QED) is 0.819. The third kappa shape index (κ3) is 2.91. The van der Waals surface area contributed by atoms with Crippen LogP contribution in [0.1, 0.15) is 29.0 Å². The van der Waals surface area contributed by atoms with Crippen LogP contribution in [0.15, 0.2) is 16.7 Å². The number of rotatable bonds is 4. The van der Waals surface area contributed by atoms with Gasteiger partial charge in [0, 0.05) is 13.2 Å². The van der Waals surface area contributed by atoms with Gasteiger partial charge in [-0.1, -0.05) is 0 Å². The molecule has 2 rings (SSSR count). The van der Waals surface area contributed by atoms with Crippen LogP contribution in [0.2, 0.25) is 0 Å². The molecule has 1 saturated heterocycles. The second-order valence-electron chi connectivity index (χ2n) is 4.67. The first-order valence-corrected chi connectivity index (χ1v) is 6.22. The molecule has 1 aromatic rings. The first-order chi connectivity index (χ1) is 8.74. The van der Waals surface area contributed by atoms with Gasteiger partial charge in [0.2, 0.25) is 0 Å². The van der Waals surface area contributed by atoms with Crippen LogP contribution >= 0.6 is 0 Å². The lowest BCUT2D eigenvalue weighted by atomic mass is 9.99. The van der Waals surface area contributed by atoms with E-state index in [0.717, 1.165) is 25.9 Å². The number of aliphatic hydroxyl groups excluding tert-OH is 1. The van der Waals surface area contributed by atoms with E-state index in [1.165, 1.54) is 13.4 Å². The van der Waals surface area contributed by atoms with Crippen LogP contribution in [0, 0.1) is 5.92 Å². The van der Waals surface area contributed by atoms with Crippen molar-refractivity contribution in [1.82, 2.24) is 4.90 Å². The third-order valence-corrected chi connectivity index (χ3v) is 3.38. The number of methoxy groups -OCH3 is 1. The highest BCUT2D eigenvalue weighted by atomic mass is 16.5. The minimum Gasteiger partial charge on any atom is -0.467 e. The van der Waals surface area contributed by atoms with Gasteiger partial charge in [-0.05, 0) is 31.4 Å². The number of hydrogen-bond acceptors (Lipinski definition) is 5. The molecule has 0 radical (unpaired) electrons. The minimum atomic E-state index is -0.366. The number of likely N-dealkylation sites (tertiary alicyclic amines) is 1. The SMILES string of the molecule is COC(=O)c1ccoc1CN1CCC[C@H](CO)C1. The summed E-state index contributed by atoms with van der Waals surface area (Å²) in [6, 6.07) is 1.63. The standard InChI is InChI=1S/C13H19NO4/c1-17-13(16)11-4-6-18-12(11)8-14-5-2-3-10(7-14)9-15/h4,6,10,15H,2-3,5,7-9H2,1H3/t10-/m0/s1. The van der Waals surface area contributed by atoms with E-state index >= 15 is 0 Å². The Morgan fingerprint density at radius 2 is 2.50 bits per heavy atom. The monoisotopic (exact) mass is 253 g/mol. The van der Waals surface area contributed by atoms with Crippen molar-refractivity contribution < 1.29 is 19.1 Å². The molecular weight excluding hydrogens is 234 g/mol. The summed E-state index contributed by atoms with van der Waals surface area (Å²) in [5, 5.41) is 9.19. The fourth-order valence-corrected chi connectivity index (χ4v) is 2.40. The van der Waals surface area contributed by atoms with Crippen LogP contribution in [0.4, 0.5) is 0 Å². The van der Waals surface area contributed by atoms with E-state index in [9.17, 15) is 9.90 Å². The molecule has 1 aromatic heterocycles. The largest absolute Gasteiger partial charge is 0.467 e. The van der Waals surface area contributed by atoms with Gasteiger partial charge in [-0.25, -0.2) is 4.79 Å². The predicted molar refractivity (Wildman–Crippen MR) is 65.1 cm³/mol. The van der Waals surface area contributed by atoms with Gasteiger partial charge < -0.3 is 14.3 Å². The van der Waals surface area contributed by atoms with Crippen molar-refractivity contribution in [3.05, 3.63) is 23.7 Å². The molecule has 1 atom stereocenters. The number of esters is 1. The Hall–Kier alpha value is -1.33. The zero-order valence-electron chi connectivity index (χ0n) is 10.6. The summed E-state index contributed by atoms with van der Waals surface area (Å²) in [5.74, 6) is 0.602. The second kappa shape index (κ2) is 6.02. The van der Waals surface area contributed by atoms with Crippen molar-refractivity contribution >= 4 is 5.97 Å². The van der Waals surface area contributed by atoms with Crippen molar-refractivity contribution in [2.45, 2.75) is 19.4 Å². The molecule has 0 unspecified atom stereocenters. The summed E-state index contributed by atoms with van der Waals surface area (Å²) in [5.41, 5.74) is 0.489. The van der Waals surface area contributed by atoms with Gasteiger partial charge in [-0.2, -0.15) is 0 Å². The summed E-state index contributed by atoms with van der Waals surface area (Å²) in [6.45, 7) is 2.63. The average molecular weight is 253 g/mol. The first-order valence-electron chi connectivity index (χ1n) is 6.22. The predicted octanol–water partition coefficient (Wildman–Crippen LogP) is 1.27. The van der Waals surface area contributed by atoms with Gasteiger partial charge in [0.25, 0.3) is 0 Å². The number of hydrogen-bond donors (Lipinski definition) is 1. The van der Waals surface area contributed by atoms with Gasteiger partial charge in [-0.3, -0.25) is 4.90 Å². The molecule has 0 aliphatic carbocycles. The van der Waals surface area contributed by atoms with Crippen molar-refractivity contribution in [1.29, 1.82) is 0 Å². The molecule has 0 aromatic carbocycles. The molecular formula is C13H19NO4. The van der Waals surface area contributed by atoms with Crippen molar-refractivity contribution in [2.24, 2.45) is 5.92 Å². The molecule has 0 saturated carbocycles. The average Bonchev–Trinajstić information content (AvgIpc) is 2.86. The fraction of sp³-hybridized carbons (Fsp3) is 0.615. The minimum absolute atomic E-state index is 0.221. The van der Waals surface area contributed by atoms with Gasteiger partial charge in [-0.15, -0.1) is 0 Å². The van der Waals surface area contributed by atoms with Crippen molar-refractivity contribution in [3.63, 3.8) is 0 Å². The van der Waals surface area contributed by atoms with E-state index in [1.807, 2.05) is 0 Å². The van der Waals surface area contributed by atoms with E-state index in [4.69, 9.17) is 9.15 Å². The maximum Gasteiger partial charge on any atom is 0.341 e. The lowest BCUT2D eigenvalue weighted by Gasteiger charge is -2.31. The van der Waals surface area contributed by atoms with Crippen LogP contribution in [0.25, 0.3) is 0 Å². The van der Waals surface area contributed by atoms with Gasteiger partial charge in [0.1, 0.15) is 11.3 Å². The van der Waals surface area contributed by atoms with Crippen LogP contribution < -0.4 is 0 Å². The molecule has 18 heavy (non-hydrogen) atoms. The molecule has 100 valence electrons. The van der Waals surface area contributed by atoms with Crippen LogP contribution in [-0.4, -0.2) is 42.8 Å². The van der Waals surface area contributed by atoms with E-state index in [1.54, 1.807) is 6.07 Å². The molecule has 1 N–H and O–H groups in total. The zero-order chi connectivity index (χ0) is 13.0. The van der Waals surface area contributed by atoms with Crippen LogP contribution in [0.3, 0.4) is 0 Å². The maximum atomic E-state index is 11.5. The third-order valence-electron chi connectivity index (χ3n) is 3.38. The van der Waals surface area contributed by atoms with E-state index in [-0.39, 0.29) is 12.6 Å². The molecule has 0 amide bonds. The summed E-state index contributed by atoms with van der Waals surface area (Å²) < 4.78 is 10.1. The molecule has 1 aliphatic heterocycles. The Bertz CT molecular complexity index is 401. The van der Waals surface area contributed by atoms with E-state index in [2.05, 4.69) is 4.90 Å². The lowest BCUT2D eigenvalue weighted by Crippen LogP contribution is -2.36.